The molecule has 2 aromatic rings. The van der Waals surface area contributed by atoms with Crippen molar-refractivity contribution in [1.82, 2.24) is 14.5 Å². The van der Waals surface area contributed by atoms with Crippen molar-refractivity contribution in [1.29, 1.82) is 0 Å². The van der Waals surface area contributed by atoms with Gasteiger partial charge < -0.3 is 14.6 Å². The molecular weight excluding hydrogens is 264 g/mol. The summed E-state index contributed by atoms with van der Waals surface area (Å²) >= 11 is 0. The molecule has 2 heterocycles. The first-order valence-corrected chi connectivity index (χ1v) is 7.60. The highest BCUT2D eigenvalue weighted by Crippen LogP contribution is 2.12. The minimum atomic E-state index is 0.748. The van der Waals surface area contributed by atoms with Crippen molar-refractivity contribution in [2.75, 3.05) is 25.1 Å². The monoisotopic (exact) mass is 288 g/mol. The zero-order valence-electron chi connectivity index (χ0n) is 12.9. The molecule has 0 aliphatic carbocycles. The summed E-state index contributed by atoms with van der Waals surface area (Å²) in [6.45, 7) is 7.33. The maximum atomic E-state index is 5.33. The summed E-state index contributed by atoms with van der Waals surface area (Å²) in [6.07, 6.45) is 7.62. The number of imidazole rings is 1. The highest BCUT2D eigenvalue weighted by Gasteiger charge is 2.06. The van der Waals surface area contributed by atoms with Gasteiger partial charge in [0.05, 0.1) is 12.2 Å². The fraction of sp³-hybridized carbons (Fsp3) is 0.500. The predicted octanol–water partition coefficient (Wildman–Crippen LogP) is 2.73. The largest absolute Gasteiger partial charge is 0.382 e. The van der Waals surface area contributed by atoms with E-state index >= 15 is 0 Å². The van der Waals surface area contributed by atoms with Crippen LogP contribution in [-0.4, -0.2) is 34.3 Å². The molecule has 1 N–H and O–H groups in total. The van der Waals surface area contributed by atoms with E-state index in [9.17, 15) is 0 Å². The van der Waals surface area contributed by atoms with Gasteiger partial charge in [-0.15, -0.1) is 0 Å². The molecule has 5 nitrogen and oxygen atoms in total. The second-order valence-electron chi connectivity index (χ2n) is 4.82. The lowest BCUT2D eigenvalue weighted by molar-refractivity contribution is 0.147. The maximum absolute atomic E-state index is 5.33. The van der Waals surface area contributed by atoms with E-state index in [2.05, 4.69) is 32.8 Å². The highest BCUT2D eigenvalue weighted by molar-refractivity contribution is 5.28. The molecule has 0 aliphatic heterocycles. The first-order valence-electron chi connectivity index (χ1n) is 7.60. The van der Waals surface area contributed by atoms with Crippen molar-refractivity contribution in [3.63, 3.8) is 0 Å². The summed E-state index contributed by atoms with van der Waals surface area (Å²) in [7, 11) is 0. The average Bonchev–Trinajstić information content (AvgIpc) is 2.95. The number of nitrogens with one attached hydrogen (secondary N) is 1. The van der Waals surface area contributed by atoms with E-state index in [1.807, 2.05) is 31.6 Å². The van der Waals surface area contributed by atoms with Crippen LogP contribution in [0.15, 0.2) is 30.7 Å². The van der Waals surface area contributed by atoms with Gasteiger partial charge in [-0.1, -0.05) is 13.0 Å². The number of hydrogen-bond acceptors (Lipinski definition) is 4. The van der Waals surface area contributed by atoms with Gasteiger partial charge in [0.2, 0.25) is 5.95 Å². The molecule has 0 spiro atoms. The summed E-state index contributed by atoms with van der Waals surface area (Å²) in [5, 5.41) is 3.35. The van der Waals surface area contributed by atoms with Crippen LogP contribution in [0.4, 0.5) is 5.95 Å². The van der Waals surface area contributed by atoms with E-state index in [1.54, 1.807) is 0 Å². The van der Waals surface area contributed by atoms with Crippen molar-refractivity contribution in [3.8, 4) is 0 Å². The van der Waals surface area contributed by atoms with Crippen LogP contribution in [0.25, 0.3) is 0 Å². The molecule has 0 saturated heterocycles. The molecule has 0 unspecified atom stereocenters. The van der Waals surface area contributed by atoms with Gasteiger partial charge in [0, 0.05) is 38.3 Å². The third-order valence-corrected chi connectivity index (χ3v) is 3.35. The van der Waals surface area contributed by atoms with Crippen LogP contribution in [-0.2, 0) is 17.7 Å². The van der Waals surface area contributed by atoms with Crippen LogP contribution in [0.1, 0.15) is 31.5 Å². The first-order chi connectivity index (χ1) is 10.3. The van der Waals surface area contributed by atoms with Crippen molar-refractivity contribution >= 4 is 5.95 Å². The van der Waals surface area contributed by atoms with Gasteiger partial charge in [-0.2, -0.15) is 0 Å². The standard InChI is InChI=1S/C16H24N4O/c1-3-14-7-5-8-17-15(14)13-20-11-10-19-16(20)18-9-6-12-21-4-2/h5,7-8,10-11H,3-4,6,9,12-13H2,1-2H3,(H,18,19). The second-order valence-corrected chi connectivity index (χ2v) is 4.82. The lowest BCUT2D eigenvalue weighted by Gasteiger charge is -2.11. The normalized spacial score (nSPS) is 10.8. The Labute approximate surface area is 126 Å². The van der Waals surface area contributed by atoms with E-state index in [0.717, 1.165) is 50.8 Å². The molecule has 2 rings (SSSR count). The molecule has 0 radical (unpaired) electrons. The average molecular weight is 288 g/mol. The smallest absolute Gasteiger partial charge is 0.203 e. The van der Waals surface area contributed by atoms with Gasteiger partial charge in [0.1, 0.15) is 0 Å². The molecule has 0 aromatic carbocycles. The molecule has 114 valence electrons. The number of pyridine rings is 1. The lowest BCUT2D eigenvalue weighted by atomic mass is 10.1. The van der Waals surface area contributed by atoms with Crippen LogP contribution in [0.2, 0.25) is 0 Å². The Hall–Kier alpha value is -1.88. The third kappa shape index (κ3) is 4.56. The van der Waals surface area contributed by atoms with Crippen molar-refractivity contribution in [2.24, 2.45) is 0 Å². The van der Waals surface area contributed by atoms with Crippen LogP contribution >= 0.6 is 0 Å². The maximum Gasteiger partial charge on any atom is 0.203 e. The van der Waals surface area contributed by atoms with E-state index in [0.29, 0.717) is 0 Å². The van der Waals surface area contributed by atoms with Gasteiger partial charge >= 0.3 is 0 Å². The Morgan fingerprint density at radius 1 is 1.24 bits per heavy atom. The Morgan fingerprint density at radius 2 is 2.14 bits per heavy atom. The zero-order valence-corrected chi connectivity index (χ0v) is 12.9. The Balaban J connectivity index is 1.93. The summed E-state index contributed by atoms with van der Waals surface area (Å²) in [4.78, 5) is 8.86. The predicted molar refractivity (Wildman–Crippen MR) is 84.5 cm³/mol. The minimum Gasteiger partial charge on any atom is -0.382 e. The van der Waals surface area contributed by atoms with Crippen molar-refractivity contribution in [2.45, 2.75) is 33.2 Å². The lowest BCUT2D eigenvalue weighted by Crippen LogP contribution is -2.12. The van der Waals surface area contributed by atoms with Gasteiger partial charge in [0.25, 0.3) is 0 Å². The zero-order chi connectivity index (χ0) is 14.9. The van der Waals surface area contributed by atoms with E-state index in [-0.39, 0.29) is 0 Å². The molecule has 0 saturated carbocycles. The number of anilines is 1. The Morgan fingerprint density at radius 3 is 2.95 bits per heavy atom. The van der Waals surface area contributed by atoms with Crippen molar-refractivity contribution in [3.05, 3.63) is 42.0 Å². The molecule has 0 bridgehead atoms. The Bertz CT molecular complexity index is 539. The number of aromatic nitrogens is 3. The first kappa shape index (κ1) is 15.5. The van der Waals surface area contributed by atoms with Crippen molar-refractivity contribution < 1.29 is 4.74 Å². The number of hydrogen-bond donors (Lipinski definition) is 1. The summed E-state index contributed by atoms with van der Waals surface area (Å²) in [5.74, 6) is 0.888. The minimum absolute atomic E-state index is 0.748. The molecule has 2 aromatic heterocycles. The van der Waals surface area contributed by atoms with Gasteiger partial charge in [0.15, 0.2) is 0 Å². The van der Waals surface area contributed by atoms with E-state index in [4.69, 9.17) is 4.74 Å². The Kier molecular flexibility index (Phi) is 6.22. The number of nitrogens with zero attached hydrogens (tertiary/aromatic N) is 3. The number of aryl methyl sites for hydroxylation is 1. The van der Waals surface area contributed by atoms with Gasteiger partial charge in [-0.05, 0) is 31.4 Å². The quantitative estimate of drug-likeness (QED) is 0.721. The molecule has 0 atom stereocenters. The van der Waals surface area contributed by atoms with E-state index < -0.39 is 0 Å². The molecule has 0 fully saturated rings. The van der Waals surface area contributed by atoms with Crippen LogP contribution in [0.3, 0.4) is 0 Å². The molecular formula is C16H24N4O. The fourth-order valence-electron chi connectivity index (χ4n) is 2.22. The number of ether oxygens (including phenoxy) is 1. The second kappa shape index (κ2) is 8.42. The SMILES string of the molecule is CCOCCCNc1nccn1Cc1ncccc1CC. The van der Waals surface area contributed by atoms with Crippen LogP contribution in [0, 0.1) is 0 Å². The summed E-state index contributed by atoms with van der Waals surface area (Å²) < 4.78 is 7.43. The summed E-state index contributed by atoms with van der Waals surface area (Å²) in [6, 6.07) is 4.12. The fourth-order valence-corrected chi connectivity index (χ4v) is 2.22. The molecule has 0 aliphatic rings. The highest BCUT2D eigenvalue weighted by atomic mass is 16.5. The van der Waals surface area contributed by atoms with E-state index in [1.165, 1.54) is 5.56 Å². The molecule has 0 amide bonds. The molecule has 21 heavy (non-hydrogen) atoms. The molecule has 5 heteroatoms. The summed E-state index contributed by atoms with van der Waals surface area (Å²) in [5.41, 5.74) is 2.39. The van der Waals surface area contributed by atoms with Crippen LogP contribution < -0.4 is 5.32 Å². The topological polar surface area (TPSA) is 52.0 Å². The van der Waals surface area contributed by atoms with Gasteiger partial charge in [-0.3, -0.25) is 4.98 Å². The third-order valence-electron chi connectivity index (χ3n) is 3.35. The van der Waals surface area contributed by atoms with Gasteiger partial charge in [-0.25, -0.2) is 4.98 Å². The number of rotatable bonds is 9. The van der Waals surface area contributed by atoms with Crippen LogP contribution in [0.5, 0.6) is 0 Å².